The van der Waals surface area contributed by atoms with Crippen molar-refractivity contribution in [1.29, 1.82) is 0 Å². The van der Waals surface area contributed by atoms with Crippen molar-refractivity contribution >= 4 is 29.0 Å². The average molecular weight is 256 g/mol. The third-order valence-corrected chi connectivity index (χ3v) is 2.38. The maximum Gasteiger partial charge on any atom is 0.224 e. The van der Waals surface area contributed by atoms with E-state index in [9.17, 15) is 9.59 Å². The number of amides is 1. The molecule has 0 aliphatic carbocycles. The number of carbonyl (C=O) groups excluding carboxylic acids is 2. The number of nitrogens with one attached hydrogen (secondary N) is 1. The number of anilines is 1. The molecule has 4 heteroatoms. The summed E-state index contributed by atoms with van der Waals surface area (Å²) in [5, 5.41) is 2.73. The first-order valence-electron chi connectivity index (χ1n) is 5.10. The van der Waals surface area contributed by atoms with Crippen LogP contribution in [-0.4, -0.2) is 17.6 Å². The number of carbonyl (C=O) groups is 2. The molecule has 1 aromatic carbocycles. The second-order valence-corrected chi connectivity index (χ2v) is 3.85. The van der Waals surface area contributed by atoms with Crippen molar-refractivity contribution in [2.75, 3.05) is 11.2 Å². The van der Waals surface area contributed by atoms with Gasteiger partial charge in [0, 0.05) is 23.6 Å². The highest BCUT2D eigenvalue weighted by atomic mass is 35.5. The Kier molecular flexibility index (Phi) is 7.22. The van der Waals surface area contributed by atoms with Crippen LogP contribution < -0.4 is 5.32 Å². The lowest BCUT2D eigenvalue weighted by atomic mass is 10.1. The highest BCUT2D eigenvalue weighted by Gasteiger charge is 2.02. The van der Waals surface area contributed by atoms with Crippen LogP contribution in [0.3, 0.4) is 0 Å². The first kappa shape index (κ1) is 15.7. The smallest absolute Gasteiger partial charge is 0.224 e. The van der Waals surface area contributed by atoms with Gasteiger partial charge < -0.3 is 5.32 Å². The Morgan fingerprint density at radius 3 is 2.29 bits per heavy atom. The molecular weight excluding hydrogens is 238 g/mol. The molecule has 0 radical (unpaired) electrons. The van der Waals surface area contributed by atoms with E-state index >= 15 is 0 Å². The van der Waals surface area contributed by atoms with Gasteiger partial charge in [-0.25, -0.2) is 0 Å². The zero-order chi connectivity index (χ0) is 12.0. The molecule has 0 bridgehead atoms. The van der Waals surface area contributed by atoms with Gasteiger partial charge in [-0.3, -0.25) is 9.59 Å². The maximum absolute atomic E-state index is 11.4. The van der Waals surface area contributed by atoms with E-state index in [1.54, 1.807) is 24.3 Å². The number of alkyl halides is 1. The summed E-state index contributed by atoms with van der Waals surface area (Å²) >= 11 is 5.49. The summed E-state index contributed by atoms with van der Waals surface area (Å²) in [6.07, 6.45) is 1.08. The molecule has 1 rings (SSSR count). The maximum atomic E-state index is 11.4. The van der Waals surface area contributed by atoms with Crippen molar-refractivity contribution in [3.63, 3.8) is 0 Å². The Hall–Kier alpha value is -1.35. The first-order valence-corrected chi connectivity index (χ1v) is 5.63. The predicted molar refractivity (Wildman–Crippen MR) is 71.8 cm³/mol. The minimum atomic E-state index is -0.0591. The van der Waals surface area contributed by atoms with Crippen LogP contribution in [0.15, 0.2) is 24.3 Å². The summed E-state index contributed by atoms with van der Waals surface area (Å²) in [6, 6.07) is 6.82. The van der Waals surface area contributed by atoms with Crippen LogP contribution in [-0.2, 0) is 4.79 Å². The highest BCUT2D eigenvalue weighted by molar-refractivity contribution is 6.18. The zero-order valence-electron chi connectivity index (χ0n) is 9.13. The van der Waals surface area contributed by atoms with Gasteiger partial charge >= 0.3 is 0 Å². The van der Waals surface area contributed by atoms with E-state index in [2.05, 4.69) is 5.32 Å². The molecule has 1 N–H and O–H groups in total. The van der Waals surface area contributed by atoms with Gasteiger partial charge in [-0.15, -0.1) is 11.6 Å². The van der Waals surface area contributed by atoms with E-state index in [0.717, 1.165) is 0 Å². The van der Waals surface area contributed by atoms with Crippen LogP contribution in [0, 0.1) is 0 Å². The van der Waals surface area contributed by atoms with Crippen LogP contribution in [0.4, 0.5) is 5.69 Å². The first-order chi connectivity index (χ1) is 7.63. The van der Waals surface area contributed by atoms with Crippen LogP contribution in [0.25, 0.3) is 0 Å². The molecule has 1 aromatic rings. The number of Topliss-reactive ketones (excluding diaryl/α,β-unsaturated/α-hetero) is 1. The normalized spacial score (nSPS) is 9.29. The lowest BCUT2D eigenvalue weighted by Gasteiger charge is -2.04. The van der Waals surface area contributed by atoms with Crippen LogP contribution in [0.1, 0.15) is 37.6 Å². The van der Waals surface area contributed by atoms with Crippen LogP contribution >= 0.6 is 11.6 Å². The molecule has 0 aliphatic heterocycles. The Morgan fingerprint density at radius 2 is 1.82 bits per heavy atom. The molecule has 0 heterocycles. The predicted octanol–water partition coefficient (Wildman–Crippen LogP) is 3.48. The molecule has 0 saturated heterocycles. The monoisotopic (exact) mass is 255 g/mol. The van der Waals surface area contributed by atoms with E-state index in [1.165, 1.54) is 6.92 Å². The van der Waals surface area contributed by atoms with Gasteiger partial charge in [-0.1, -0.05) is 7.43 Å². The fourth-order valence-electron chi connectivity index (χ4n) is 1.24. The van der Waals surface area contributed by atoms with Crippen molar-refractivity contribution in [1.82, 2.24) is 0 Å². The van der Waals surface area contributed by atoms with Crippen molar-refractivity contribution in [3.8, 4) is 0 Å². The summed E-state index contributed by atoms with van der Waals surface area (Å²) in [7, 11) is 0. The SMILES string of the molecule is C.CC(=O)c1ccc(NC(=O)CCCCl)cc1. The van der Waals surface area contributed by atoms with Gasteiger partial charge in [-0.05, 0) is 37.6 Å². The van der Waals surface area contributed by atoms with Gasteiger partial charge in [0.1, 0.15) is 0 Å². The fraction of sp³-hybridized carbons (Fsp3) is 0.385. The Balaban J connectivity index is 0.00000256. The Morgan fingerprint density at radius 1 is 1.24 bits per heavy atom. The van der Waals surface area contributed by atoms with Crippen molar-refractivity contribution in [3.05, 3.63) is 29.8 Å². The number of hydrogen-bond donors (Lipinski definition) is 1. The number of benzene rings is 1. The minimum absolute atomic E-state index is 0. The van der Waals surface area contributed by atoms with E-state index < -0.39 is 0 Å². The number of hydrogen-bond acceptors (Lipinski definition) is 2. The lowest BCUT2D eigenvalue weighted by molar-refractivity contribution is -0.116. The second kappa shape index (κ2) is 7.85. The summed E-state index contributed by atoms with van der Waals surface area (Å²) in [5.41, 5.74) is 1.34. The van der Waals surface area contributed by atoms with Gasteiger partial charge in [0.15, 0.2) is 5.78 Å². The van der Waals surface area contributed by atoms with Crippen molar-refractivity contribution < 1.29 is 9.59 Å². The Bertz CT molecular complexity index is 374. The third kappa shape index (κ3) is 5.50. The molecule has 3 nitrogen and oxygen atoms in total. The number of ketones is 1. The molecule has 17 heavy (non-hydrogen) atoms. The lowest BCUT2D eigenvalue weighted by Crippen LogP contribution is -2.11. The zero-order valence-corrected chi connectivity index (χ0v) is 9.88. The number of rotatable bonds is 5. The standard InChI is InChI=1S/C12H14ClNO2.CH4/c1-9(15)10-4-6-11(7-5-10)14-12(16)3-2-8-13;/h4-7H,2-3,8H2,1H3,(H,14,16);1H4. The van der Waals surface area contributed by atoms with Crippen LogP contribution in [0.2, 0.25) is 0 Å². The summed E-state index contributed by atoms with van der Waals surface area (Å²) < 4.78 is 0. The summed E-state index contributed by atoms with van der Waals surface area (Å²) in [6.45, 7) is 1.51. The van der Waals surface area contributed by atoms with Crippen LogP contribution in [0.5, 0.6) is 0 Å². The molecule has 0 saturated carbocycles. The largest absolute Gasteiger partial charge is 0.326 e. The molecule has 0 aliphatic rings. The third-order valence-electron chi connectivity index (χ3n) is 2.11. The van der Waals surface area contributed by atoms with E-state index in [0.29, 0.717) is 30.0 Å². The van der Waals surface area contributed by atoms with E-state index in [-0.39, 0.29) is 19.1 Å². The summed E-state index contributed by atoms with van der Waals surface area (Å²) in [4.78, 5) is 22.4. The molecule has 0 aromatic heterocycles. The molecule has 94 valence electrons. The fourth-order valence-corrected chi connectivity index (χ4v) is 1.37. The van der Waals surface area contributed by atoms with Gasteiger partial charge in [-0.2, -0.15) is 0 Å². The highest BCUT2D eigenvalue weighted by Crippen LogP contribution is 2.10. The van der Waals surface area contributed by atoms with E-state index in [1.807, 2.05) is 0 Å². The number of halogens is 1. The minimum Gasteiger partial charge on any atom is -0.326 e. The average Bonchev–Trinajstić information content (AvgIpc) is 2.27. The van der Waals surface area contributed by atoms with E-state index in [4.69, 9.17) is 11.6 Å². The van der Waals surface area contributed by atoms with Crippen molar-refractivity contribution in [2.45, 2.75) is 27.2 Å². The molecule has 0 fully saturated rings. The molecular formula is C13H18ClNO2. The molecule has 0 atom stereocenters. The summed E-state index contributed by atoms with van der Waals surface area (Å²) in [5.74, 6) is 0.438. The molecule has 0 unspecified atom stereocenters. The molecule has 0 spiro atoms. The van der Waals surface area contributed by atoms with Gasteiger partial charge in [0.25, 0.3) is 0 Å². The Labute approximate surface area is 107 Å². The van der Waals surface area contributed by atoms with Gasteiger partial charge in [0.2, 0.25) is 5.91 Å². The topological polar surface area (TPSA) is 46.2 Å². The van der Waals surface area contributed by atoms with Gasteiger partial charge in [0.05, 0.1) is 0 Å². The second-order valence-electron chi connectivity index (χ2n) is 3.47. The quantitative estimate of drug-likeness (QED) is 0.647. The van der Waals surface area contributed by atoms with Crippen molar-refractivity contribution in [2.24, 2.45) is 0 Å². The molecule has 1 amide bonds.